The van der Waals surface area contributed by atoms with E-state index in [1.165, 1.54) is 6.42 Å². The van der Waals surface area contributed by atoms with Gasteiger partial charge in [0, 0.05) is 18.2 Å². The van der Waals surface area contributed by atoms with Crippen molar-refractivity contribution < 1.29 is 9.90 Å². The third-order valence-corrected chi connectivity index (χ3v) is 4.16. The van der Waals surface area contributed by atoms with E-state index in [0.717, 1.165) is 35.7 Å². The maximum atomic E-state index is 12.8. The fourth-order valence-corrected chi connectivity index (χ4v) is 3.01. The van der Waals surface area contributed by atoms with Gasteiger partial charge in [-0.05, 0) is 61.2 Å². The zero-order chi connectivity index (χ0) is 14.1. The number of nitrogens with zero attached hydrogens (tertiary/aromatic N) is 1. The molecule has 3 heteroatoms. The van der Waals surface area contributed by atoms with Gasteiger partial charge in [0.25, 0.3) is 5.91 Å². The molecule has 1 aliphatic heterocycles. The third kappa shape index (κ3) is 2.24. The number of hydrogen-bond donors (Lipinski definition) is 1. The quantitative estimate of drug-likeness (QED) is 0.860. The molecule has 0 saturated carbocycles. The van der Waals surface area contributed by atoms with Crippen molar-refractivity contribution in [1.29, 1.82) is 0 Å². The molecule has 0 bridgehead atoms. The monoisotopic (exact) mass is 269 g/mol. The predicted octanol–water partition coefficient (Wildman–Crippen LogP) is 3.56. The SMILES string of the molecule is CC1CCCCN1C(=O)c1cccc2cc(O)ccc12. The second-order valence-corrected chi connectivity index (χ2v) is 5.55. The molecule has 1 atom stereocenters. The van der Waals surface area contributed by atoms with Gasteiger partial charge in [-0.15, -0.1) is 0 Å². The molecule has 104 valence electrons. The van der Waals surface area contributed by atoms with E-state index in [-0.39, 0.29) is 11.7 Å². The smallest absolute Gasteiger partial charge is 0.254 e. The number of amides is 1. The molecule has 1 unspecified atom stereocenters. The third-order valence-electron chi connectivity index (χ3n) is 4.16. The summed E-state index contributed by atoms with van der Waals surface area (Å²) in [6, 6.07) is 11.2. The number of phenols is 1. The number of hydrogen-bond acceptors (Lipinski definition) is 2. The summed E-state index contributed by atoms with van der Waals surface area (Å²) in [5.41, 5.74) is 0.733. The lowest BCUT2D eigenvalue weighted by Crippen LogP contribution is -2.42. The molecule has 1 heterocycles. The topological polar surface area (TPSA) is 40.5 Å². The lowest BCUT2D eigenvalue weighted by atomic mass is 9.99. The van der Waals surface area contributed by atoms with Gasteiger partial charge in [0.2, 0.25) is 0 Å². The highest BCUT2D eigenvalue weighted by atomic mass is 16.3. The van der Waals surface area contributed by atoms with Crippen LogP contribution in [0.3, 0.4) is 0 Å². The second-order valence-electron chi connectivity index (χ2n) is 5.55. The summed E-state index contributed by atoms with van der Waals surface area (Å²) in [5.74, 6) is 0.335. The Hall–Kier alpha value is -2.03. The molecular formula is C17H19NO2. The number of carbonyl (C=O) groups is 1. The number of carbonyl (C=O) groups excluding carboxylic acids is 1. The predicted molar refractivity (Wildman–Crippen MR) is 80.0 cm³/mol. The van der Waals surface area contributed by atoms with Gasteiger partial charge in [-0.3, -0.25) is 4.79 Å². The van der Waals surface area contributed by atoms with Crippen molar-refractivity contribution in [3.8, 4) is 5.75 Å². The summed E-state index contributed by atoms with van der Waals surface area (Å²) in [4.78, 5) is 14.7. The fraction of sp³-hybridized carbons (Fsp3) is 0.353. The minimum Gasteiger partial charge on any atom is -0.508 e. The van der Waals surface area contributed by atoms with Gasteiger partial charge in [-0.2, -0.15) is 0 Å². The zero-order valence-corrected chi connectivity index (χ0v) is 11.7. The summed E-state index contributed by atoms with van der Waals surface area (Å²) in [6.45, 7) is 2.96. The molecule has 1 saturated heterocycles. The Balaban J connectivity index is 2.03. The summed E-state index contributed by atoms with van der Waals surface area (Å²) >= 11 is 0. The number of rotatable bonds is 1. The Kier molecular flexibility index (Phi) is 3.35. The van der Waals surface area contributed by atoms with Crippen LogP contribution in [0.4, 0.5) is 0 Å². The van der Waals surface area contributed by atoms with E-state index in [4.69, 9.17) is 0 Å². The molecule has 2 aromatic carbocycles. The van der Waals surface area contributed by atoms with Gasteiger partial charge in [0.15, 0.2) is 0 Å². The molecule has 0 aliphatic carbocycles. The summed E-state index contributed by atoms with van der Waals surface area (Å²) in [5, 5.41) is 11.4. The average molecular weight is 269 g/mol. The molecule has 3 rings (SSSR count). The molecule has 0 radical (unpaired) electrons. The molecule has 0 spiro atoms. The maximum absolute atomic E-state index is 12.8. The molecule has 1 fully saturated rings. The molecule has 2 aromatic rings. The lowest BCUT2D eigenvalue weighted by Gasteiger charge is -2.33. The van der Waals surface area contributed by atoms with Crippen LogP contribution in [0.25, 0.3) is 10.8 Å². The number of piperidine rings is 1. The highest BCUT2D eigenvalue weighted by molar-refractivity contribution is 6.07. The summed E-state index contributed by atoms with van der Waals surface area (Å²) in [6.07, 6.45) is 3.37. The Morgan fingerprint density at radius 3 is 2.90 bits per heavy atom. The van der Waals surface area contributed by atoms with E-state index in [1.807, 2.05) is 29.2 Å². The van der Waals surface area contributed by atoms with Crippen molar-refractivity contribution in [2.75, 3.05) is 6.54 Å². The largest absolute Gasteiger partial charge is 0.508 e. The normalized spacial score (nSPS) is 19.2. The van der Waals surface area contributed by atoms with E-state index < -0.39 is 0 Å². The van der Waals surface area contributed by atoms with E-state index in [1.54, 1.807) is 12.1 Å². The number of fused-ring (bicyclic) bond motifs is 1. The summed E-state index contributed by atoms with van der Waals surface area (Å²) < 4.78 is 0. The van der Waals surface area contributed by atoms with Gasteiger partial charge in [-0.25, -0.2) is 0 Å². The van der Waals surface area contributed by atoms with Crippen LogP contribution in [0.1, 0.15) is 36.5 Å². The fourth-order valence-electron chi connectivity index (χ4n) is 3.01. The first-order valence-electron chi connectivity index (χ1n) is 7.19. The molecule has 20 heavy (non-hydrogen) atoms. The first kappa shape index (κ1) is 13.0. The van der Waals surface area contributed by atoms with Crippen molar-refractivity contribution >= 4 is 16.7 Å². The molecular weight excluding hydrogens is 250 g/mol. The highest BCUT2D eigenvalue weighted by Crippen LogP contribution is 2.26. The average Bonchev–Trinajstić information content (AvgIpc) is 2.46. The van der Waals surface area contributed by atoms with Gasteiger partial charge in [-0.1, -0.05) is 12.1 Å². The van der Waals surface area contributed by atoms with Crippen LogP contribution < -0.4 is 0 Å². The molecule has 1 amide bonds. The van der Waals surface area contributed by atoms with Crippen LogP contribution in [0, 0.1) is 0 Å². The highest BCUT2D eigenvalue weighted by Gasteiger charge is 2.25. The van der Waals surface area contributed by atoms with Gasteiger partial charge in [0.1, 0.15) is 5.75 Å². The summed E-state index contributed by atoms with van der Waals surface area (Å²) in [7, 11) is 0. The number of phenolic OH excluding ortho intramolecular Hbond substituents is 1. The van der Waals surface area contributed by atoms with Crippen LogP contribution in [0.5, 0.6) is 5.75 Å². The van der Waals surface area contributed by atoms with Crippen LogP contribution in [-0.4, -0.2) is 28.5 Å². The Morgan fingerprint density at radius 2 is 2.10 bits per heavy atom. The van der Waals surface area contributed by atoms with Crippen LogP contribution >= 0.6 is 0 Å². The number of aromatic hydroxyl groups is 1. The van der Waals surface area contributed by atoms with Crippen molar-refractivity contribution in [2.45, 2.75) is 32.2 Å². The Morgan fingerprint density at radius 1 is 1.25 bits per heavy atom. The number of benzene rings is 2. The second kappa shape index (κ2) is 5.16. The van der Waals surface area contributed by atoms with Crippen molar-refractivity contribution in [3.05, 3.63) is 42.0 Å². The van der Waals surface area contributed by atoms with E-state index >= 15 is 0 Å². The van der Waals surface area contributed by atoms with Crippen molar-refractivity contribution in [1.82, 2.24) is 4.90 Å². The van der Waals surface area contributed by atoms with Crippen LogP contribution in [-0.2, 0) is 0 Å². The van der Waals surface area contributed by atoms with Gasteiger partial charge in [0.05, 0.1) is 0 Å². The first-order valence-corrected chi connectivity index (χ1v) is 7.19. The Bertz CT molecular complexity index is 650. The zero-order valence-electron chi connectivity index (χ0n) is 11.7. The minimum atomic E-state index is 0.105. The molecule has 1 N–H and O–H groups in total. The Labute approximate surface area is 118 Å². The standard InChI is InChI=1S/C17H19NO2/c1-12-5-2-3-10-18(12)17(20)16-7-4-6-13-11-14(19)8-9-15(13)16/h4,6-9,11-12,19H,2-3,5,10H2,1H3. The minimum absolute atomic E-state index is 0.105. The van der Waals surface area contributed by atoms with Gasteiger partial charge < -0.3 is 10.0 Å². The van der Waals surface area contributed by atoms with E-state index in [9.17, 15) is 9.90 Å². The van der Waals surface area contributed by atoms with Crippen LogP contribution in [0.2, 0.25) is 0 Å². The molecule has 0 aromatic heterocycles. The lowest BCUT2D eigenvalue weighted by molar-refractivity contribution is 0.0637. The number of likely N-dealkylation sites (tertiary alicyclic amines) is 1. The molecule has 1 aliphatic rings. The van der Waals surface area contributed by atoms with E-state index in [0.29, 0.717) is 6.04 Å². The van der Waals surface area contributed by atoms with Crippen LogP contribution in [0.15, 0.2) is 36.4 Å². The van der Waals surface area contributed by atoms with Gasteiger partial charge >= 0.3 is 0 Å². The first-order chi connectivity index (χ1) is 9.66. The molecule has 3 nitrogen and oxygen atoms in total. The van der Waals surface area contributed by atoms with E-state index in [2.05, 4.69) is 6.92 Å². The van der Waals surface area contributed by atoms with Crippen molar-refractivity contribution in [3.63, 3.8) is 0 Å². The maximum Gasteiger partial charge on any atom is 0.254 e. The van der Waals surface area contributed by atoms with Crippen molar-refractivity contribution in [2.24, 2.45) is 0 Å².